The highest BCUT2D eigenvalue weighted by atomic mass is 16.4. The highest BCUT2D eigenvalue weighted by Crippen LogP contribution is 2.36. The van der Waals surface area contributed by atoms with Gasteiger partial charge in [-0.05, 0) is 31.4 Å². The van der Waals surface area contributed by atoms with Crippen LogP contribution < -0.4 is 5.63 Å². The first-order valence-corrected chi connectivity index (χ1v) is 8.17. The van der Waals surface area contributed by atoms with Crippen molar-refractivity contribution in [1.29, 1.82) is 0 Å². The fourth-order valence-corrected chi connectivity index (χ4v) is 3.17. The third-order valence-electron chi connectivity index (χ3n) is 4.90. The molecule has 1 aliphatic carbocycles. The van der Waals surface area contributed by atoms with Crippen LogP contribution in [0.1, 0.15) is 53.8 Å². The van der Waals surface area contributed by atoms with Crippen molar-refractivity contribution in [3.8, 4) is 0 Å². The molecule has 124 valence electrons. The molecule has 6 heteroatoms. The molecule has 2 aliphatic rings. The van der Waals surface area contributed by atoms with Gasteiger partial charge in [0, 0.05) is 39.0 Å². The fourth-order valence-electron chi connectivity index (χ4n) is 3.17. The molecule has 0 bridgehead atoms. The van der Waals surface area contributed by atoms with Crippen LogP contribution in [-0.2, 0) is 4.79 Å². The van der Waals surface area contributed by atoms with E-state index in [0.717, 1.165) is 19.3 Å². The van der Waals surface area contributed by atoms with Gasteiger partial charge in [0.15, 0.2) is 0 Å². The molecule has 1 aromatic rings. The summed E-state index contributed by atoms with van der Waals surface area (Å²) in [5, 5.41) is 0. The Morgan fingerprint density at radius 3 is 2.22 bits per heavy atom. The lowest BCUT2D eigenvalue weighted by Crippen LogP contribution is -2.50. The van der Waals surface area contributed by atoms with Gasteiger partial charge in [0.25, 0.3) is 5.91 Å². The summed E-state index contributed by atoms with van der Waals surface area (Å²) in [4.78, 5) is 39.6. The van der Waals surface area contributed by atoms with E-state index in [2.05, 4.69) is 0 Å². The summed E-state index contributed by atoms with van der Waals surface area (Å²) in [5.74, 6) is 0.749. The van der Waals surface area contributed by atoms with Gasteiger partial charge in [-0.2, -0.15) is 0 Å². The molecule has 2 heterocycles. The third kappa shape index (κ3) is 3.02. The van der Waals surface area contributed by atoms with Crippen molar-refractivity contribution >= 4 is 11.8 Å². The van der Waals surface area contributed by atoms with E-state index < -0.39 is 5.63 Å². The number of carbonyl (C=O) groups is 2. The van der Waals surface area contributed by atoms with Gasteiger partial charge in [0.05, 0.1) is 0 Å². The second-order valence-corrected chi connectivity index (χ2v) is 6.42. The Morgan fingerprint density at radius 2 is 1.74 bits per heavy atom. The van der Waals surface area contributed by atoms with E-state index in [1.54, 1.807) is 16.7 Å². The molecule has 1 saturated heterocycles. The van der Waals surface area contributed by atoms with Gasteiger partial charge in [-0.15, -0.1) is 0 Å². The molecule has 2 fully saturated rings. The van der Waals surface area contributed by atoms with Crippen LogP contribution in [0.3, 0.4) is 0 Å². The standard InChI is InChI=1S/C17H22N2O4/c1-11-10-14(13-4-3-5-13)23-17(22)15(11)16(21)19-8-6-18(7-9-19)12(2)20/h10,13H,3-9H2,1-2H3. The Morgan fingerprint density at radius 1 is 1.13 bits per heavy atom. The molecule has 0 atom stereocenters. The highest BCUT2D eigenvalue weighted by Gasteiger charge is 2.29. The van der Waals surface area contributed by atoms with E-state index in [-0.39, 0.29) is 17.4 Å². The van der Waals surface area contributed by atoms with Gasteiger partial charge in [-0.3, -0.25) is 9.59 Å². The summed E-state index contributed by atoms with van der Waals surface area (Å²) in [6.07, 6.45) is 3.25. The number of amides is 2. The molecule has 3 rings (SSSR count). The molecular weight excluding hydrogens is 296 g/mol. The zero-order valence-corrected chi connectivity index (χ0v) is 13.6. The first-order chi connectivity index (χ1) is 11.0. The number of hydrogen-bond donors (Lipinski definition) is 0. The average molecular weight is 318 g/mol. The molecule has 1 aromatic heterocycles. The number of aryl methyl sites for hydroxylation is 1. The minimum Gasteiger partial charge on any atom is -0.427 e. The molecule has 0 spiro atoms. The first kappa shape index (κ1) is 15.8. The summed E-state index contributed by atoms with van der Waals surface area (Å²) in [7, 11) is 0. The maximum Gasteiger partial charge on any atom is 0.349 e. The Kier molecular flexibility index (Phi) is 4.24. The monoisotopic (exact) mass is 318 g/mol. The minimum absolute atomic E-state index is 0.0117. The topological polar surface area (TPSA) is 70.8 Å². The highest BCUT2D eigenvalue weighted by molar-refractivity contribution is 5.95. The van der Waals surface area contributed by atoms with E-state index >= 15 is 0 Å². The SMILES string of the molecule is CC(=O)N1CCN(C(=O)c2c(C)cc(C3CCC3)oc2=O)CC1. The normalized spacial score (nSPS) is 18.7. The molecule has 0 radical (unpaired) electrons. The Balaban J connectivity index is 1.77. The van der Waals surface area contributed by atoms with Gasteiger partial charge >= 0.3 is 5.63 Å². The summed E-state index contributed by atoms with van der Waals surface area (Å²) in [6.45, 7) is 5.22. The smallest absolute Gasteiger partial charge is 0.349 e. The van der Waals surface area contributed by atoms with Gasteiger partial charge in [-0.1, -0.05) is 6.42 Å². The van der Waals surface area contributed by atoms with Gasteiger partial charge in [0.1, 0.15) is 11.3 Å². The largest absolute Gasteiger partial charge is 0.427 e. The molecule has 0 N–H and O–H groups in total. The summed E-state index contributed by atoms with van der Waals surface area (Å²) in [6, 6.07) is 1.84. The molecule has 0 aromatic carbocycles. The van der Waals surface area contributed by atoms with Crippen LogP contribution in [0.2, 0.25) is 0 Å². The number of nitrogens with zero attached hydrogens (tertiary/aromatic N) is 2. The molecule has 6 nitrogen and oxygen atoms in total. The summed E-state index contributed by atoms with van der Waals surface area (Å²) >= 11 is 0. The van der Waals surface area contributed by atoms with Crippen molar-refractivity contribution < 1.29 is 14.0 Å². The maximum atomic E-state index is 12.6. The number of rotatable bonds is 2. The lowest BCUT2D eigenvalue weighted by Gasteiger charge is -2.34. The van der Waals surface area contributed by atoms with Crippen LogP contribution >= 0.6 is 0 Å². The number of carbonyl (C=O) groups excluding carboxylic acids is 2. The number of hydrogen-bond acceptors (Lipinski definition) is 4. The van der Waals surface area contributed by atoms with E-state index in [1.165, 1.54) is 6.92 Å². The van der Waals surface area contributed by atoms with Gasteiger partial charge in [0.2, 0.25) is 5.91 Å². The maximum absolute atomic E-state index is 12.6. The molecule has 0 unspecified atom stereocenters. The zero-order chi connectivity index (χ0) is 16.6. The average Bonchev–Trinajstić information content (AvgIpc) is 2.44. The van der Waals surface area contributed by atoms with Gasteiger partial charge in [-0.25, -0.2) is 4.79 Å². The van der Waals surface area contributed by atoms with Crippen LogP contribution in [0.5, 0.6) is 0 Å². The molecule has 2 amide bonds. The van der Waals surface area contributed by atoms with Crippen molar-refractivity contribution in [2.75, 3.05) is 26.2 Å². The third-order valence-corrected chi connectivity index (χ3v) is 4.90. The predicted molar refractivity (Wildman–Crippen MR) is 84.5 cm³/mol. The molecule has 1 saturated carbocycles. The lowest BCUT2D eigenvalue weighted by atomic mass is 9.83. The van der Waals surface area contributed by atoms with Crippen LogP contribution in [0.4, 0.5) is 0 Å². The van der Waals surface area contributed by atoms with Crippen LogP contribution in [0.25, 0.3) is 0 Å². The number of piperazine rings is 1. The quantitative estimate of drug-likeness (QED) is 0.829. The van der Waals surface area contributed by atoms with Crippen LogP contribution in [0, 0.1) is 6.92 Å². The van der Waals surface area contributed by atoms with Crippen LogP contribution in [0.15, 0.2) is 15.3 Å². The van der Waals surface area contributed by atoms with E-state index in [9.17, 15) is 14.4 Å². The molecular formula is C17H22N2O4. The minimum atomic E-state index is -0.536. The van der Waals surface area contributed by atoms with Gasteiger partial charge < -0.3 is 14.2 Å². The first-order valence-electron chi connectivity index (χ1n) is 8.17. The van der Waals surface area contributed by atoms with Crippen molar-refractivity contribution in [3.05, 3.63) is 33.4 Å². The fraction of sp³-hybridized carbons (Fsp3) is 0.588. The van der Waals surface area contributed by atoms with Crippen molar-refractivity contribution in [2.24, 2.45) is 0 Å². The molecule has 1 aliphatic heterocycles. The van der Waals surface area contributed by atoms with E-state index in [4.69, 9.17) is 4.42 Å². The second kappa shape index (κ2) is 6.18. The summed E-state index contributed by atoms with van der Waals surface area (Å²) in [5.41, 5.74) is 0.275. The van der Waals surface area contributed by atoms with Crippen molar-refractivity contribution in [2.45, 2.75) is 39.0 Å². The molecule has 23 heavy (non-hydrogen) atoms. The zero-order valence-electron chi connectivity index (χ0n) is 13.6. The van der Waals surface area contributed by atoms with E-state index in [0.29, 0.717) is 43.4 Å². The lowest BCUT2D eigenvalue weighted by molar-refractivity contribution is -0.130. The van der Waals surface area contributed by atoms with Crippen molar-refractivity contribution in [3.63, 3.8) is 0 Å². The Bertz CT molecular complexity index is 682. The second-order valence-electron chi connectivity index (χ2n) is 6.42. The van der Waals surface area contributed by atoms with E-state index in [1.807, 2.05) is 6.07 Å². The Hall–Kier alpha value is -2.11. The Labute approximate surface area is 135 Å². The summed E-state index contributed by atoms with van der Waals surface area (Å²) < 4.78 is 5.40. The van der Waals surface area contributed by atoms with Crippen molar-refractivity contribution in [1.82, 2.24) is 9.80 Å². The van der Waals surface area contributed by atoms with Crippen LogP contribution in [-0.4, -0.2) is 47.8 Å². The predicted octanol–water partition coefficient (Wildman–Crippen LogP) is 1.52.